The van der Waals surface area contributed by atoms with Gasteiger partial charge in [0.2, 0.25) is 0 Å². The number of hydrogen-bond donors (Lipinski definition) is 2. The first-order valence-corrected chi connectivity index (χ1v) is 12.5. The number of unbranched alkanes of at least 4 members (excludes halogenated alkanes) is 1. The van der Waals surface area contributed by atoms with Crippen LogP contribution in [0.5, 0.6) is 0 Å². The molecule has 4 aromatic rings. The summed E-state index contributed by atoms with van der Waals surface area (Å²) in [6.45, 7) is 3.08. The van der Waals surface area contributed by atoms with E-state index in [0.717, 1.165) is 40.0 Å². The normalized spacial score (nSPS) is 11.7. The van der Waals surface area contributed by atoms with Crippen molar-refractivity contribution in [3.05, 3.63) is 81.4 Å². The van der Waals surface area contributed by atoms with Crippen LogP contribution in [0.1, 0.15) is 41.6 Å². The molecule has 0 bridgehead atoms. The summed E-state index contributed by atoms with van der Waals surface area (Å²) in [5, 5.41) is 20.5. The van der Waals surface area contributed by atoms with Gasteiger partial charge in [0.05, 0.1) is 28.4 Å². The average molecular weight is 552 g/mol. The van der Waals surface area contributed by atoms with Gasteiger partial charge in [0.25, 0.3) is 5.91 Å². The lowest BCUT2D eigenvalue weighted by Gasteiger charge is -2.12. The molecule has 4 rings (SSSR count). The smallest absolute Gasteiger partial charge is 0.251 e. The van der Waals surface area contributed by atoms with Crippen molar-refractivity contribution in [2.75, 3.05) is 18.4 Å². The Kier molecular flexibility index (Phi) is 8.01. The molecule has 2 aromatic heterocycles. The van der Waals surface area contributed by atoms with E-state index in [9.17, 15) is 4.79 Å². The Balaban J connectivity index is 1.34. The van der Waals surface area contributed by atoms with Gasteiger partial charge in [0.1, 0.15) is 5.82 Å². The summed E-state index contributed by atoms with van der Waals surface area (Å²) < 4.78 is 2.55. The minimum Gasteiger partial charge on any atom is -0.370 e. The molecule has 2 N–H and O–H groups in total. The summed E-state index contributed by atoms with van der Waals surface area (Å²) in [7, 11) is 0. The topological polar surface area (TPSA) is 95.1 Å². The van der Waals surface area contributed by atoms with Gasteiger partial charge in [0, 0.05) is 35.3 Å². The quantitative estimate of drug-likeness (QED) is 0.247. The number of aromatic nitrogens is 3. The monoisotopic (exact) mass is 550 g/mol. The highest BCUT2D eigenvalue weighted by molar-refractivity contribution is 9.10. The fourth-order valence-electron chi connectivity index (χ4n) is 3.66. The molecule has 0 fully saturated rings. The number of carbonyl (C=O) groups excluding carboxylic acids is 1. The van der Waals surface area contributed by atoms with Gasteiger partial charge in [0.15, 0.2) is 5.65 Å². The highest BCUT2D eigenvalue weighted by Gasteiger charge is 2.13. The summed E-state index contributed by atoms with van der Waals surface area (Å²) in [6, 6.07) is 18.9. The van der Waals surface area contributed by atoms with E-state index in [-0.39, 0.29) is 11.8 Å². The van der Waals surface area contributed by atoms with Crippen LogP contribution >= 0.6 is 27.5 Å². The van der Waals surface area contributed by atoms with Crippen LogP contribution in [0, 0.1) is 11.3 Å². The fourth-order valence-corrected chi connectivity index (χ4v) is 4.24. The number of anilines is 1. The molecular formula is C26H24BrClN6O. The molecule has 0 saturated heterocycles. The van der Waals surface area contributed by atoms with Crippen LogP contribution in [-0.2, 0) is 0 Å². The molecular weight excluding hydrogens is 528 g/mol. The van der Waals surface area contributed by atoms with Crippen LogP contribution < -0.4 is 10.6 Å². The molecule has 0 aliphatic carbocycles. The van der Waals surface area contributed by atoms with E-state index < -0.39 is 0 Å². The number of carbonyl (C=O) groups is 1. The zero-order valence-corrected chi connectivity index (χ0v) is 21.5. The third-order valence-electron chi connectivity index (χ3n) is 5.62. The molecule has 1 atom stereocenters. The molecule has 1 amide bonds. The van der Waals surface area contributed by atoms with Gasteiger partial charge >= 0.3 is 0 Å². The SMILES string of the molecule is CC(C#N)c1cccc(C(=O)NCCCCNc2cc(-c3ccccc3Cl)nc3c(Br)cnn23)c1. The van der Waals surface area contributed by atoms with E-state index in [4.69, 9.17) is 21.8 Å². The van der Waals surface area contributed by atoms with E-state index in [0.29, 0.717) is 29.3 Å². The molecule has 1 unspecified atom stereocenters. The van der Waals surface area contributed by atoms with Gasteiger partial charge in [-0.1, -0.05) is 41.9 Å². The molecule has 178 valence electrons. The summed E-state index contributed by atoms with van der Waals surface area (Å²) in [4.78, 5) is 17.2. The fraction of sp³-hybridized carbons (Fsp3) is 0.231. The minimum atomic E-state index is -0.248. The Labute approximate surface area is 217 Å². The summed E-state index contributed by atoms with van der Waals surface area (Å²) >= 11 is 9.91. The number of amides is 1. The van der Waals surface area contributed by atoms with Gasteiger partial charge in [-0.15, -0.1) is 0 Å². The lowest BCUT2D eigenvalue weighted by molar-refractivity contribution is 0.0953. The van der Waals surface area contributed by atoms with Gasteiger partial charge in [-0.2, -0.15) is 14.9 Å². The largest absolute Gasteiger partial charge is 0.370 e. The molecule has 0 radical (unpaired) electrons. The number of nitrogens with zero attached hydrogens (tertiary/aromatic N) is 4. The molecule has 9 heteroatoms. The third-order valence-corrected chi connectivity index (χ3v) is 6.51. The van der Waals surface area contributed by atoms with E-state index in [1.54, 1.807) is 22.8 Å². The number of fused-ring (bicyclic) bond motifs is 1. The maximum Gasteiger partial charge on any atom is 0.251 e. The highest BCUT2D eigenvalue weighted by atomic mass is 79.9. The Bertz CT molecular complexity index is 1400. The van der Waals surface area contributed by atoms with E-state index in [1.807, 2.05) is 49.4 Å². The third kappa shape index (κ3) is 5.81. The first kappa shape index (κ1) is 24.7. The Hall–Kier alpha value is -3.41. The molecule has 7 nitrogen and oxygen atoms in total. The second-order valence-electron chi connectivity index (χ2n) is 8.10. The predicted octanol–water partition coefficient (Wildman–Crippen LogP) is 6.06. The number of halogens is 2. The number of nitriles is 1. The van der Waals surface area contributed by atoms with Crippen molar-refractivity contribution < 1.29 is 4.79 Å². The molecule has 0 aliphatic heterocycles. The lowest BCUT2D eigenvalue weighted by atomic mass is 10.0. The van der Waals surface area contributed by atoms with E-state index >= 15 is 0 Å². The number of benzene rings is 2. The van der Waals surface area contributed by atoms with E-state index in [1.165, 1.54) is 0 Å². The van der Waals surface area contributed by atoms with Crippen LogP contribution in [0.4, 0.5) is 5.82 Å². The van der Waals surface area contributed by atoms with E-state index in [2.05, 4.69) is 37.7 Å². The van der Waals surface area contributed by atoms with Gasteiger partial charge in [-0.25, -0.2) is 4.98 Å². The van der Waals surface area contributed by atoms with Gasteiger partial charge in [-0.3, -0.25) is 4.79 Å². The van der Waals surface area contributed by atoms with Crippen molar-refractivity contribution in [2.24, 2.45) is 0 Å². The zero-order chi connectivity index (χ0) is 24.8. The van der Waals surface area contributed by atoms with Crippen LogP contribution in [0.3, 0.4) is 0 Å². The van der Waals surface area contributed by atoms with Crippen molar-refractivity contribution in [3.63, 3.8) is 0 Å². The van der Waals surface area contributed by atoms with Crippen molar-refractivity contribution in [1.82, 2.24) is 19.9 Å². The van der Waals surface area contributed by atoms with Crippen molar-refractivity contribution in [2.45, 2.75) is 25.7 Å². The van der Waals surface area contributed by atoms with Crippen LogP contribution in [0.15, 0.2) is 65.3 Å². The maximum atomic E-state index is 12.5. The van der Waals surface area contributed by atoms with Crippen LogP contribution in [0.2, 0.25) is 5.02 Å². The first-order chi connectivity index (χ1) is 17.0. The molecule has 2 aromatic carbocycles. The van der Waals surface area contributed by atoms with Gasteiger partial charge in [-0.05, 0) is 59.5 Å². The summed E-state index contributed by atoms with van der Waals surface area (Å²) in [5.41, 5.74) is 3.72. The maximum absolute atomic E-state index is 12.5. The number of nitrogens with one attached hydrogen (secondary N) is 2. The Morgan fingerprint density at radius 1 is 1.17 bits per heavy atom. The molecule has 0 spiro atoms. The first-order valence-electron chi connectivity index (χ1n) is 11.3. The number of hydrogen-bond acceptors (Lipinski definition) is 5. The molecule has 2 heterocycles. The molecule has 0 saturated carbocycles. The average Bonchev–Trinajstić information content (AvgIpc) is 3.26. The molecule has 35 heavy (non-hydrogen) atoms. The second kappa shape index (κ2) is 11.3. The zero-order valence-electron chi connectivity index (χ0n) is 19.1. The van der Waals surface area contributed by atoms with Gasteiger partial charge < -0.3 is 10.6 Å². The van der Waals surface area contributed by atoms with Crippen LogP contribution in [0.25, 0.3) is 16.9 Å². The van der Waals surface area contributed by atoms with Crippen molar-refractivity contribution in [1.29, 1.82) is 5.26 Å². The standard InChI is InChI=1S/C26H24BrClN6O/c1-17(15-29)18-7-6-8-19(13-18)26(35)31-12-5-4-11-30-24-14-23(20-9-2-3-10-22(20)28)33-25-21(27)16-32-34(24)25/h2-3,6-10,13-14,16-17,30H,4-5,11-12H2,1H3,(H,31,35). The second-order valence-corrected chi connectivity index (χ2v) is 9.36. The summed E-state index contributed by atoms with van der Waals surface area (Å²) in [6.07, 6.45) is 3.37. The Morgan fingerprint density at radius 3 is 2.77 bits per heavy atom. The number of rotatable bonds is 9. The lowest BCUT2D eigenvalue weighted by Crippen LogP contribution is -2.25. The van der Waals surface area contributed by atoms with Crippen molar-refractivity contribution >= 4 is 44.9 Å². The highest BCUT2D eigenvalue weighted by Crippen LogP contribution is 2.30. The van der Waals surface area contributed by atoms with Crippen molar-refractivity contribution in [3.8, 4) is 17.3 Å². The predicted molar refractivity (Wildman–Crippen MR) is 142 cm³/mol. The Morgan fingerprint density at radius 2 is 1.97 bits per heavy atom. The molecule has 0 aliphatic rings. The minimum absolute atomic E-state index is 0.133. The van der Waals surface area contributed by atoms with Crippen LogP contribution in [-0.4, -0.2) is 33.6 Å². The summed E-state index contributed by atoms with van der Waals surface area (Å²) in [5.74, 6) is 0.428.